The van der Waals surface area contributed by atoms with Gasteiger partial charge in [0.25, 0.3) is 17.4 Å². The molecule has 0 unspecified atom stereocenters. The van der Waals surface area contributed by atoms with Gasteiger partial charge in [0.15, 0.2) is 5.65 Å². The van der Waals surface area contributed by atoms with Crippen LogP contribution in [0.1, 0.15) is 55.3 Å². The van der Waals surface area contributed by atoms with Crippen LogP contribution in [0.2, 0.25) is 0 Å². The van der Waals surface area contributed by atoms with Crippen LogP contribution in [0.15, 0.2) is 35.4 Å². The maximum atomic E-state index is 13.5. The molecule has 1 amide bonds. The number of alkyl halides is 2. The Hall–Kier alpha value is -3.50. The third-order valence-electron chi connectivity index (χ3n) is 6.19. The highest BCUT2D eigenvalue weighted by Crippen LogP contribution is 2.37. The maximum absolute atomic E-state index is 13.5. The second-order valence-electron chi connectivity index (χ2n) is 8.63. The predicted molar refractivity (Wildman–Crippen MR) is 126 cm³/mol. The SMILES string of the molecule is C1CCCC1.CNc1cc(Nc2cccn(C)c2=O)nc2c(C(=O)N[C@H]3CCC3(F)F)cnn12. The van der Waals surface area contributed by atoms with Gasteiger partial charge in [-0.1, -0.05) is 32.1 Å². The first-order valence-electron chi connectivity index (χ1n) is 11.5. The van der Waals surface area contributed by atoms with Gasteiger partial charge in [-0.15, -0.1) is 0 Å². The number of hydrogen-bond acceptors (Lipinski definition) is 6. The number of nitrogens with one attached hydrogen (secondary N) is 3. The largest absolute Gasteiger partial charge is 0.373 e. The molecule has 2 aliphatic carbocycles. The summed E-state index contributed by atoms with van der Waals surface area (Å²) >= 11 is 0. The summed E-state index contributed by atoms with van der Waals surface area (Å²) in [7, 11) is 3.29. The number of carbonyl (C=O) groups is 1. The molecule has 3 N–H and O–H groups in total. The lowest BCUT2D eigenvalue weighted by Crippen LogP contribution is -2.55. The van der Waals surface area contributed by atoms with Crippen LogP contribution in [0, 0.1) is 0 Å². The monoisotopic (exact) mass is 473 g/mol. The molecule has 11 heteroatoms. The molecule has 2 aliphatic rings. The van der Waals surface area contributed by atoms with Gasteiger partial charge in [-0.05, 0) is 18.6 Å². The van der Waals surface area contributed by atoms with E-state index >= 15 is 0 Å². The van der Waals surface area contributed by atoms with Crippen molar-refractivity contribution in [3.63, 3.8) is 0 Å². The Labute approximate surface area is 195 Å². The normalized spacial score (nSPS) is 18.5. The molecule has 0 saturated heterocycles. The molecule has 0 aromatic carbocycles. The number of pyridine rings is 1. The van der Waals surface area contributed by atoms with Gasteiger partial charge < -0.3 is 20.5 Å². The lowest BCUT2D eigenvalue weighted by molar-refractivity contribution is -0.102. The van der Waals surface area contributed by atoms with E-state index in [1.54, 1.807) is 38.5 Å². The van der Waals surface area contributed by atoms with Crippen LogP contribution >= 0.6 is 0 Å². The van der Waals surface area contributed by atoms with E-state index in [9.17, 15) is 18.4 Å². The number of nitrogens with zero attached hydrogens (tertiary/aromatic N) is 4. The Balaban J connectivity index is 0.000000486. The molecule has 3 aromatic rings. The van der Waals surface area contributed by atoms with Gasteiger partial charge in [0, 0.05) is 32.8 Å². The number of carbonyl (C=O) groups excluding carboxylic acids is 1. The van der Waals surface area contributed by atoms with E-state index in [4.69, 9.17) is 0 Å². The Morgan fingerprint density at radius 1 is 1.21 bits per heavy atom. The Bertz CT molecular complexity index is 1230. The molecule has 3 aromatic heterocycles. The van der Waals surface area contributed by atoms with Crippen LogP contribution in [-0.2, 0) is 7.05 Å². The number of halogens is 2. The van der Waals surface area contributed by atoms with E-state index in [2.05, 4.69) is 26.0 Å². The zero-order chi connectivity index (χ0) is 24.3. The Morgan fingerprint density at radius 2 is 1.91 bits per heavy atom. The zero-order valence-corrected chi connectivity index (χ0v) is 19.3. The van der Waals surface area contributed by atoms with E-state index in [1.165, 1.54) is 47.4 Å². The Kier molecular flexibility index (Phi) is 6.80. The molecule has 34 heavy (non-hydrogen) atoms. The molecule has 2 saturated carbocycles. The van der Waals surface area contributed by atoms with Crippen molar-refractivity contribution in [3.8, 4) is 0 Å². The summed E-state index contributed by atoms with van der Waals surface area (Å²) in [6, 6.07) is 3.74. The summed E-state index contributed by atoms with van der Waals surface area (Å²) in [6.07, 6.45) is 10.4. The Morgan fingerprint density at radius 3 is 2.50 bits per heavy atom. The smallest absolute Gasteiger partial charge is 0.274 e. The number of aryl methyl sites for hydroxylation is 1. The second-order valence-corrected chi connectivity index (χ2v) is 8.63. The summed E-state index contributed by atoms with van der Waals surface area (Å²) < 4.78 is 29.8. The summed E-state index contributed by atoms with van der Waals surface area (Å²) in [5.41, 5.74) is 0.286. The number of amides is 1. The van der Waals surface area contributed by atoms with Gasteiger partial charge in [-0.25, -0.2) is 13.8 Å². The van der Waals surface area contributed by atoms with Crippen molar-refractivity contribution >= 4 is 28.9 Å². The van der Waals surface area contributed by atoms with Gasteiger partial charge in [0.2, 0.25) is 0 Å². The molecule has 182 valence electrons. The minimum absolute atomic E-state index is 0.0637. The average molecular weight is 474 g/mol. The van der Waals surface area contributed by atoms with Gasteiger partial charge in [-0.3, -0.25) is 9.59 Å². The zero-order valence-electron chi connectivity index (χ0n) is 19.3. The van der Waals surface area contributed by atoms with Crippen molar-refractivity contribution in [1.29, 1.82) is 0 Å². The molecular formula is C23H29F2N7O2. The van der Waals surface area contributed by atoms with Crippen LogP contribution in [0.3, 0.4) is 0 Å². The summed E-state index contributed by atoms with van der Waals surface area (Å²) in [5.74, 6) is -2.78. The predicted octanol–water partition coefficient (Wildman–Crippen LogP) is 3.69. The van der Waals surface area contributed by atoms with E-state index in [1.807, 2.05) is 0 Å². The van der Waals surface area contributed by atoms with E-state index in [0.717, 1.165) is 0 Å². The van der Waals surface area contributed by atoms with Crippen molar-refractivity contribution < 1.29 is 13.6 Å². The van der Waals surface area contributed by atoms with Gasteiger partial charge in [0.05, 0.1) is 12.2 Å². The number of rotatable bonds is 5. The molecule has 0 spiro atoms. The van der Waals surface area contributed by atoms with Crippen molar-refractivity contribution in [3.05, 3.63) is 46.5 Å². The van der Waals surface area contributed by atoms with Crippen LogP contribution in [0.5, 0.6) is 0 Å². The maximum Gasteiger partial charge on any atom is 0.274 e. The molecule has 1 atom stereocenters. The van der Waals surface area contributed by atoms with E-state index in [-0.39, 0.29) is 29.6 Å². The fourth-order valence-corrected chi connectivity index (χ4v) is 4.00. The average Bonchev–Trinajstić information content (AvgIpc) is 3.53. The molecule has 2 fully saturated rings. The molecular weight excluding hydrogens is 444 g/mol. The number of anilines is 3. The molecule has 0 aliphatic heterocycles. The van der Waals surface area contributed by atoms with Crippen molar-refractivity contribution in [1.82, 2.24) is 24.5 Å². The molecule has 9 nitrogen and oxygen atoms in total. The van der Waals surface area contributed by atoms with Crippen molar-refractivity contribution in [2.24, 2.45) is 7.05 Å². The highest BCUT2D eigenvalue weighted by molar-refractivity contribution is 6.00. The highest BCUT2D eigenvalue weighted by Gasteiger charge is 2.49. The first-order chi connectivity index (χ1) is 16.3. The molecule has 5 rings (SSSR count). The third kappa shape index (κ3) is 4.87. The van der Waals surface area contributed by atoms with Crippen molar-refractivity contribution in [2.75, 3.05) is 17.7 Å². The highest BCUT2D eigenvalue weighted by atomic mass is 19.3. The van der Waals surface area contributed by atoms with Crippen LogP contribution in [0.25, 0.3) is 5.65 Å². The lowest BCUT2D eigenvalue weighted by Gasteiger charge is -2.36. The van der Waals surface area contributed by atoms with Crippen molar-refractivity contribution in [2.45, 2.75) is 56.9 Å². The summed E-state index contributed by atoms with van der Waals surface area (Å²) in [6.45, 7) is 0. The quantitative estimate of drug-likeness (QED) is 0.522. The first-order valence-corrected chi connectivity index (χ1v) is 11.5. The van der Waals surface area contributed by atoms with Gasteiger partial charge in [-0.2, -0.15) is 9.61 Å². The molecule has 3 heterocycles. The second kappa shape index (κ2) is 9.78. The fourth-order valence-electron chi connectivity index (χ4n) is 4.00. The van der Waals surface area contributed by atoms with E-state index < -0.39 is 17.9 Å². The summed E-state index contributed by atoms with van der Waals surface area (Å²) in [5, 5.41) is 12.3. The number of hydrogen-bond donors (Lipinski definition) is 3. The lowest BCUT2D eigenvalue weighted by atomic mass is 9.88. The number of aromatic nitrogens is 4. The minimum Gasteiger partial charge on any atom is -0.373 e. The van der Waals surface area contributed by atoms with E-state index in [0.29, 0.717) is 17.3 Å². The topological polar surface area (TPSA) is 105 Å². The summed E-state index contributed by atoms with van der Waals surface area (Å²) in [4.78, 5) is 29.2. The van der Waals surface area contributed by atoms with Crippen LogP contribution in [0.4, 0.5) is 26.1 Å². The number of fused-ring (bicyclic) bond motifs is 1. The molecule has 0 radical (unpaired) electrons. The fraction of sp³-hybridized carbons (Fsp3) is 0.478. The van der Waals surface area contributed by atoms with Gasteiger partial charge >= 0.3 is 0 Å². The third-order valence-corrected chi connectivity index (χ3v) is 6.19. The molecule has 0 bridgehead atoms. The minimum atomic E-state index is -2.90. The van der Waals surface area contributed by atoms with Gasteiger partial charge in [0.1, 0.15) is 22.9 Å². The van der Waals surface area contributed by atoms with Crippen LogP contribution in [-0.4, -0.2) is 44.1 Å². The standard InChI is InChI=1S/C18H19F2N7O2.C5H10/c1-21-14-8-13(23-11-4-3-7-26(2)17(11)29)25-15-10(9-22-27(14)15)16(28)24-12-5-6-18(12,19)20;1-2-4-5-3-1/h3-4,7-9,12,21H,5-6H2,1-2H3,(H,23,25)(H,24,28);1-5H2/t12-;/m0./s1. The van der Waals surface area contributed by atoms with Crippen LogP contribution < -0.4 is 21.5 Å². The first kappa shape index (κ1) is 23.7.